The van der Waals surface area contributed by atoms with Gasteiger partial charge in [0.15, 0.2) is 0 Å². The van der Waals surface area contributed by atoms with E-state index in [1.54, 1.807) is 129 Å². The van der Waals surface area contributed by atoms with Crippen molar-refractivity contribution in [1.82, 2.24) is 31.1 Å². The van der Waals surface area contributed by atoms with Gasteiger partial charge in [0.25, 0.3) is 0 Å². The highest BCUT2D eigenvalue weighted by molar-refractivity contribution is 8.00. The van der Waals surface area contributed by atoms with Gasteiger partial charge in [0, 0.05) is 62.2 Å². The highest BCUT2D eigenvalue weighted by Crippen LogP contribution is 2.41. The van der Waals surface area contributed by atoms with Crippen molar-refractivity contribution in [2.45, 2.75) is 338 Å². The van der Waals surface area contributed by atoms with Gasteiger partial charge in [-0.05, 0) is 178 Å². The van der Waals surface area contributed by atoms with Gasteiger partial charge in [-0.2, -0.15) is 0 Å². The summed E-state index contributed by atoms with van der Waals surface area (Å²) in [4.78, 5) is 105. The zero-order valence-electron chi connectivity index (χ0n) is 86.9. The standard InChI is InChI=1S/C27H42N2O8S.C27H41NO8S.C26H40N2O8S.C26H39NO8S/c1-5-9-17-14-19(29(3)15-17)25(33)28-20(16(2)35-4)24-22(31)21(30)23(32)27(37-24)38-13-12-36-26(34)18-10-7-6-8-11-18;1-4-8-17-11-12-19(15-17)25(32)28-20(16(2)34-3)24-22(30)21(29)23(31)27(36-24)37-14-13-35-26(33)18-9-6-5-7-10-18;1-4-8-16-13-18(28(3)14-16)24(33)27-19(15(2)29)23-21(31)20(30)22(32)26(36-23)37-12-11-35-25(34)17-9-6-5-7-10-17;1-3-7-16-10-11-18(14-16)24(32)27-19(15(2)28)23-21(30)20(29)22(31)26(35-23)36-13-12-34-25(33)17-8-5-4-6-9-17/h6-8,10-11,16-17,19-24,27,30-32H,5,9,12-15H2,1-4H3,(H,28,33);5-7,9-10,16-17,19-24,27,29-31H,4,8,11-15H2,1-3H3,(H,28,32);5-7,9-10,15-16,18-23,26,29-32H,4,8,11-14H2,1-3H3,(H,27,33);4-6,8-9,15-16,18-23,26,28-31H,3,7,10-14H2,1-2H3,(H,27,32)/t16-,17-,19+,20-,21+,22-,23-,24-,27-;16-,17+,19+,20-,21+,22-,23-,24-,27-;15-,16-,18+,19-,20+,21-,22-,23-,26-;15-,16+,18+,19-,20+,21-,22-,23-,26-/m1111/s1. The lowest BCUT2D eigenvalue weighted by Crippen LogP contribution is -2.66. The summed E-state index contributed by atoms with van der Waals surface area (Å²) in [5.74, 6) is 0.130. The Bertz CT molecular complexity index is 4590. The molecule has 18 N–H and O–H groups in total. The number of hydrogen-bond donors (Lipinski definition) is 18. The van der Waals surface area contributed by atoms with Crippen LogP contribution in [0.3, 0.4) is 0 Å². The topological polar surface area (TPSA) is 567 Å². The number of amides is 4. The average Bonchev–Trinajstić information content (AvgIpc) is 1.04. The van der Waals surface area contributed by atoms with Crippen molar-refractivity contribution in [3.63, 3.8) is 0 Å². The first-order chi connectivity index (χ1) is 70.8. The first-order valence-corrected chi connectivity index (χ1v) is 56.2. The van der Waals surface area contributed by atoms with E-state index >= 15 is 0 Å². The maximum Gasteiger partial charge on any atom is 0.338 e. The van der Waals surface area contributed by atoms with E-state index in [9.17, 15) is 110 Å². The Morgan fingerprint density at radius 2 is 0.568 bits per heavy atom. The van der Waals surface area contributed by atoms with Crippen molar-refractivity contribution in [2.24, 2.45) is 35.5 Å². The number of thioether (sulfide) groups is 4. The smallest absolute Gasteiger partial charge is 0.338 e. The van der Waals surface area contributed by atoms with E-state index in [-0.39, 0.29) is 85.5 Å². The van der Waals surface area contributed by atoms with E-state index in [0.717, 1.165) is 156 Å². The highest BCUT2D eigenvalue weighted by Gasteiger charge is 2.55. The summed E-state index contributed by atoms with van der Waals surface area (Å²) < 4.78 is 56.0. The van der Waals surface area contributed by atoms with Gasteiger partial charge in [0.2, 0.25) is 23.6 Å². The fraction of sp³-hybridized carbons (Fsp3) is 0.698. The summed E-state index contributed by atoms with van der Waals surface area (Å²) in [5.41, 5.74) is -2.02. The van der Waals surface area contributed by atoms with Gasteiger partial charge in [-0.1, -0.05) is 139 Å². The zero-order valence-corrected chi connectivity index (χ0v) is 90.1. The Kier molecular flexibility index (Phi) is 53.3. The maximum atomic E-state index is 13.3. The second-order valence-corrected chi connectivity index (χ2v) is 44.6. The number of nitrogens with zero attached hydrogens (tertiary/aromatic N) is 2. The largest absolute Gasteiger partial charge is 0.461 e. The van der Waals surface area contributed by atoms with Gasteiger partial charge in [0.1, 0.15) is 146 Å². The average molecular weight is 2160 g/mol. The Hall–Kier alpha value is -6.84. The monoisotopic (exact) mass is 2160 g/mol. The van der Waals surface area contributed by atoms with Crippen molar-refractivity contribution in [3.8, 4) is 0 Å². The van der Waals surface area contributed by atoms with Crippen LogP contribution in [0.1, 0.15) is 200 Å². The molecule has 36 atom stereocenters. The van der Waals surface area contributed by atoms with Crippen LogP contribution in [0.4, 0.5) is 0 Å². The summed E-state index contributed by atoms with van der Waals surface area (Å²) in [6, 6.07) is 30.2. The molecule has 38 nitrogen and oxygen atoms in total. The summed E-state index contributed by atoms with van der Waals surface area (Å²) in [7, 11) is 6.82. The molecule has 0 unspecified atom stereocenters. The molecule has 8 aliphatic rings. The molecular formula is C106H162N6O32S4. The van der Waals surface area contributed by atoms with E-state index < -0.39 is 192 Å². The van der Waals surface area contributed by atoms with Gasteiger partial charge in [-0.25, -0.2) is 19.2 Å². The molecule has 6 heterocycles. The van der Waals surface area contributed by atoms with Crippen molar-refractivity contribution >= 4 is 94.6 Å². The van der Waals surface area contributed by atoms with Crippen molar-refractivity contribution in [3.05, 3.63) is 144 Å². The fourth-order valence-electron chi connectivity index (χ4n) is 20.3. The first-order valence-electron chi connectivity index (χ1n) is 52.0. The number of ether oxygens (including phenoxy) is 10. The first kappa shape index (κ1) is 125. The van der Waals surface area contributed by atoms with Gasteiger partial charge < -0.3 is 140 Å². The second kappa shape index (κ2) is 63.2. The number of methoxy groups -OCH3 is 2. The van der Waals surface area contributed by atoms with E-state index in [2.05, 4.69) is 49.0 Å². The molecule has 42 heteroatoms. The number of carbonyl (C=O) groups is 8. The molecule has 6 saturated heterocycles. The lowest BCUT2D eigenvalue weighted by molar-refractivity contribution is -0.212. The number of benzene rings is 4. The number of nitrogens with one attached hydrogen (secondary N) is 4. The van der Waals surface area contributed by atoms with Crippen molar-refractivity contribution in [2.75, 3.05) is 90.8 Å². The third kappa shape index (κ3) is 36.1. The number of esters is 4. The Morgan fingerprint density at radius 3 is 0.818 bits per heavy atom. The predicted octanol–water partition coefficient (Wildman–Crippen LogP) is 4.98. The second-order valence-electron chi connectivity index (χ2n) is 39.8. The number of aliphatic hydroxyl groups excluding tert-OH is 14. The lowest BCUT2D eigenvalue weighted by atomic mass is 9.91. The molecule has 0 aromatic heterocycles. The molecule has 8 fully saturated rings. The molecule has 4 aromatic rings. The number of likely N-dealkylation sites (N-methyl/N-ethyl adjacent to an activating group) is 2. The molecule has 832 valence electrons. The SMILES string of the molecule is CCC[C@@H]1C[C@@H](C(=O)N[C@@H]([C@H]2O[C@H](SCCOC(=O)c3ccccc3)[C@H](O)[C@@H](O)[C@H]2O)[C@@H](C)O)N(C)C1.CCC[C@@H]1C[C@@H](C(=O)N[C@@H]([C@H]2O[C@H](SCCOC(=O)c3ccccc3)[C@H](O)[C@@H](O)[C@H]2O)[C@@H](C)OC)N(C)C1.CCC[C@H]1CC[C@H](C(=O)N[C@@H]([C@H]2O[C@H](SCCOC(=O)c3ccccc3)[C@H](O)[C@@H](O)[C@H]2O)[C@@H](C)O)C1.CCC[C@H]1CC[C@H](C(=O)N[C@@H]([C@H]2O[C@H](SCCOC(=O)c3ccccc3)[C@H](O)[C@@H](O)[C@H]2O)[C@@H](C)OC)C1. The molecule has 4 aromatic carbocycles. The molecule has 4 amide bonds. The van der Waals surface area contributed by atoms with Gasteiger partial charge >= 0.3 is 23.9 Å². The zero-order chi connectivity index (χ0) is 108. The minimum Gasteiger partial charge on any atom is -0.461 e. The molecular weight excluding hydrogens is 2000 g/mol. The predicted molar refractivity (Wildman–Crippen MR) is 558 cm³/mol. The molecule has 0 radical (unpaired) electrons. The van der Waals surface area contributed by atoms with Crippen LogP contribution in [0, 0.1) is 35.5 Å². The van der Waals surface area contributed by atoms with Gasteiger partial charge in [-0.15, -0.1) is 47.0 Å². The number of aliphatic hydroxyl groups is 14. The highest BCUT2D eigenvalue weighted by atomic mass is 32.2. The molecule has 6 aliphatic heterocycles. The summed E-state index contributed by atoms with van der Waals surface area (Å²) in [6.07, 6.45) is -9.86. The van der Waals surface area contributed by atoms with E-state index in [1.165, 1.54) is 28.1 Å². The summed E-state index contributed by atoms with van der Waals surface area (Å²) in [6.45, 7) is 16.9. The number of likely N-dealkylation sites (tertiary alicyclic amines) is 2. The van der Waals surface area contributed by atoms with Crippen LogP contribution >= 0.6 is 47.0 Å². The quantitative estimate of drug-likeness (QED) is 0.0157. The Morgan fingerprint density at radius 1 is 0.331 bits per heavy atom. The Balaban J connectivity index is 0.000000219. The normalized spacial score (nSPS) is 31.7. The van der Waals surface area contributed by atoms with E-state index in [4.69, 9.17) is 47.4 Å². The number of hydrogen-bond acceptors (Lipinski definition) is 38. The third-order valence-corrected chi connectivity index (χ3v) is 33.3. The molecule has 148 heavy (non-hydrogen) atoms. The minimum absolute atomic E-state index is 0.0395. The number of carbonyl (C=O) groups excluding carboxylic acids is 8. The van der Waals surface area contributed by atoms with Crippen LogP contribution in [-0.2, 0) is 66.5 Å². The Labute approximate surface area is 885 Å². The van der Waals surface area contributed by atoms with Crippen LogP contribution < -0.4 is 21.3 Å². The maximum absolute atomic E-state index is 13.3. The molecule has 0 spiro atoms. The minimum atomic E-state index is -1.55. The van der Waals surface area contributed by atoms with Crippen LogP contribution in [0.2, 0.25) is 0 Å². The lowest BCUT2D eigenvalue weighted by Gasteiger charge is -2.44. The molecule has 0 bridgehead atoms. The van der Waals surface area contributed by atoms with Gasteiger partial charge in [0.05, 0.1) is 82.9 Å². The van der Waals surface area contributed by atoms with Gasteiger partial charge in [-0.3, -0.25) is 29.0 Å². The molecule has 2 aliphatic carbocycles. The van der Waals surface area contributed by atoms with Crippen LogP contribution in [-0.4, -0.2) is 400 Å². The fourth-order valence-corrected chi connectivity index (χ4v) is 24.3. The van der Waals surface area contributed by atoms with Crippen LogP contribution in [0.25, 0.3) is 0 Å². The van der Waals surface area contributed by atoms with Crippen LogP contribution in [0.15, 0.2) is 121 Å². The van der Waals surface area contributed by atoms with Crippen LogP contribution in [0.5, 0.6) is 0 Å². The van der Waals surface area contributed by atoms with Crippen molar-refractivity contribution < 1.29 is 157 Å². The summed E-state index contributed by atoms with van der Waals surface area (Å²) in [5, 5.41) is 160. The molecule has 2 saturated carbocycles. The van der Waals surface area contributed by atoms with E-state index in [1.807, 2.05) is 30.0 Å². The van der Waals surface area contributed by atoms with Crippen molar-refractivity contribution in [1.29, 1.82) is 0 Å². The van der Waals surface area contributed by atoms with E-state index in [0.29, 0.717) is 63.9 Å². The summed E-state index contributed by atoms with van der Waals surface area (Å²) >= 11 is 4.55. The molecule has 12 rings (SSSR count). The number of rotatable bonds is 46. The third-order valence-electron chi connectivity index (χ3n) is 28.8.